The minimum atomic E-state index is -0.672. The molecule has 2 rings (SSSR count). The Bertz CT molecular complexity index is 630. The van der Waals surface area contributed by atoms with Gasteiger partial charge in [-0.25, -0.2) is 4.98 Å². The van der Waals surface area contributed by atoms with E-state index >= 15 is 0 Å². The van der Waals surface area contributed by atoms with Crippen LogP contribution in [-0.4, -0.2) is 15.5 Å². The molecule has 0 saturated carbocycles. The van der Waals surface area contributed by atoms with Crippen molar-refractivity contribution in [3.05, 3.63) is 32.9 Å². The van der Waals surface area contributed by atoms with Gasteiger partial charge in [0.05, 0.1) is 22.3 Å². The normalized spacial score (nSPS) is 10.4. The van der Waals surface area contributed by atoms with Gasteiger partial charge in [0.25, 0.3) is 11.5 Å². The lowest BCUT2D eigenvalue weighted by atomic mass is 10.1. The average Bonchev–Trinajstić information content (AvgIpc) is 2.79. The van der Waals surface area contributed by atoms with Crippen LogP contribution in [0.2, 0.25) is 0 Å². The van der Waals surface area contributed by atoms with Crippen molar-refractivity contribution in [2.75, 3.05) is 5.73 Å². The Morgan fingerprint density at radius 2 is 2.24 bits per heavy atom. The Labute approximate surface area is 101 Å². The van der Waals surface area contributed by atoms with Crippen molar-refractivity contribution in [2.45, 2.75) is 0 Å². The molecular formula is C10H10N4O2S. The zero-order valence-electron chi connectivity index (χ0n) is 9.01. The van der Waals surface area contributed by atoms with Crippen molar-refractivity contribution in [1.29, 1.82) is 0 Å². The molecule has 7 heteroatoms. The maximum atomic E-state index is 12.0. The highest BCUT2D eigenvalue weighted by molar-refractivity contribution is 7.07. The summed E-state index contributed by atoms with van der Waals surface area (Å²) in [5.41, 5.74) is 13.1. The number of anilines is 1. The fraction of sp³-hybridized carbons (Fsp3) is 0.100. The van der Waals surface area contributed by atoms with Crippen LogP contribution in [0.3, 0.4) is 0 Å². The van der Waals surface area contributed by atoms with Gasteiger partial charge in [-0.2, -0.15) is 0 Å². The molecule has 0 aliphatic heterocycles. The second-order valence-corrected chi connectivity index (χ2v) is 4.18. The zero-order valence-corrected chi connectivity index (χ0v) is 9.82. The number of rotatable bonds is 2. The first kappa shape index (κ1) is 11.3. The standard InChI is InChI=1S/C10H10N4O2S/c1-14-8(11)6(9(12)15)2-5(10(14)16)7-3-17-4-13-7/h2-4H,11H2,1H3,(H2,12,15). The van der Waals surface area contributed by atoms with Crippen LogP contribution in [0.1, 0.15) is 10.4 Å². The van der Waals surface area contributed by atoms with Crippen molar-refractivity contribution < 1.29 is 4.79 Å². The monoisotopic (exact) mass is 250 g/mol. The highest BCUT2D eigenvalue weighted by atomic mass is 32.1. The number of hydrogen-bond donors (Lipinski definition) is 2. The van der Waals surface area contributed by atoms with Gasteiger partial charge >= 0.3 is 0 Å². The highest BCUT2D eigenvalue weighted by Crippen LogP contribution is 2.19. The molecule has 4 N–H and O–H groups in total. The number of primary amides is 1. The summed E-state index contributed by atoms with van der Waals surface area (Å²) in [6, 6.07) is 1.38. The first-order chi connectivity index (χ1) is 8.02. The molecule has 0 aromatic carbocycles. The Morgan fingerprint density at radius 3 is 2.76 bits per heavy atom. The van der Waals surface area contributed by atoms with Crippen LogP contribution in [0.15, 0.2) is 21.8 Å². The Morgan fingerprint density at radius 1 is 1.53 bits per heavy atom. The second kappa shape index (κ2) is 4.02. The molecule has 1 amide bonds. The molecule has 0 fully saturated rings. The molecule has 0 bridgehead atoms. The molecular weight excluding hydrogens is 240 g/mol. The number of carbonyl (C=O) groups is 1. The molecule has 2 aromatic heterocycles. The SMILES string of the molecule is Cn1c(N)c(C(N)=O)cc(-c2cscn2)c1=O. The third kappa shape index (κ3) is 1.80. The maximum absolute atomic E-state index is 12.0. The van der Waals surface area contributed by atoms with Crippen LogP contribution in [0.5, 0.6) is 0 Å². The van der Waals surface area contributed by atoms with Gasteiger partial charge in [0.1, 0.15) is 5.82 Å². The van der Waals surface area contributed by atoms with Crippen molar-refractivity contribution in [1.82, 2.24) is 9.55 Å². The van der Waals surface area contributed by atoms with Gasteiger partial charge in [0, 0.05) is 12.4 Å². The lowest BCUT2D eigenvalue weighted by molar-refractivity contribution is 0.100. The van der Waals surface area contributed by atoms with Gasteiger partial charge in [-0.05, 0) is 6.07 Å². The molecule has 2 aromatic rings. The molecule has 2 heterocycles. The van der Waals surface area contributed by atoms with E-state index in [0.717, 1.165) is 0 Å². The van der Waals surface area contributed by atoms with Crippen LogP contribution in [-0.2, 0) is 7.05 Å². The summed E-state index contributed by atoms with van der Waals surface area (Å²) in [5, 5.41) is 1.72. The fourth-order valence-corrected chi connectivity index (χ4v) is 2.03. The highest BCUT2D eigenvalue weighted by Gasteiger charge is 2.15. The number of thiazole rings is 1. The number of nitrogen functional groups attached to an aromatic ring is 1. The molecule has 0 unspecified atom stereocenters. The first-order valence-corrected chi connectivity index (χ1v) is 5.64. The molecule has 0 spiro atoms. The number of amides is 1. The summed E-state index contributed by atoms with van der Waals surface area (Å²) < 4.78 is 1.19. The number of pyridine rings is 1. The summed E-state index contributed by atoms with van der Waals surface area (Å²) in [7, 11) is 1.49. The van der Waals surface area contributed by atoms with Crippen molar-refractivity contribution in [3.8, 4) is 11.3 Å². The Hall–Kier alpha value is -2.15. The van der Waals surface area contributed by atoms with Gasteiger partial charge in [0.2, 0.25) is 0 Å². The lowest BCUT2D eigenvalue weighted by Crippen LogP contribution is -2.26. The molecule has 0 atom stereocenters. The van der Waals surface area contributed by atoms with E-state index in [9.17, 15) is 9.59 Å². The van der Waals surface area contributed by atoms with Crippen molar-refractivity contribution >= 4 is 23.1 Å². The van der Waals surface area contributed by atoms with Gasteiger partial charge in [-0.1, -0.05) is 0 Å². The predicted molar refractivity (Wildman–Crippen MR) is 65.7 cm³/mol. The summed E-state index contributed by atoms with van der Waals surface area (Å²) in [4.78, 5) is 27.2. The quantitative estimate of drug-likeness (QED) is 0.793. The van der Waals surface area contributed by atoms with E-state index in [1.54, 1.807) is 10.9 Å². The predicted octanol–water partition coefficient (Wildman–Crippen LogP) is 0.190. The molecule has 0 saturated heterocycles. The molecule has 6 nitrogen and oxygen atoms in total. The van der Waals surface area contributed by atoms with Crippen LogP contribution in [0.25, 0.3) is 11.3 Å². The van der Waals surface area contributed by atoms with Crippen molar-refractivity contribution in [2.24, 2.45) is 12.8 Å². The third-order valence-electron chi connectivity index (χ3n) is 2.43. The largest absolute Gasteiger partial charge is 0.384 e. The summed E-state index contributed by atoms with van der Waals surface area (Å²) in [6.45, 7) is 0. The van der Waals surface area contributed by atoms with E-state index < -0.39 is 5.91 Å². The zero-order chi connectivity index (χ0) is 12.6. The van der Waals surface area contributed by atoms with E-state index in [1.165, 1.54) is 29.0 Å². The Balaban J connectivity index is 2.78. The molecule has 88 valence electrons. The summed E-state index contributed by atoms with van der Waals surface area (Å²) in [6.07, 6.45) is 0. The number of carbonyl (C=O) groups excluding carboxylic acids is 1. The lowest BCUT2D eigenvalue weighted by Gasteiger charge is -2.09. The minimum Gasteiger partial charge on any atom is -0.384 e. The maximum Gasteiger partial charge on any atom is 0.261 e. The number of hydrogen-bond acceptors (Lipinski definition) is 5. The van der Waals surface area contributed by atoms with E-state index in [1.807, 2.05) is 0 Å². The number of aromatic nitrogens is 2. The molecule has 0 radical (unpaired) electrons. The van der Waals surface area contributed by atoms with Gasteiger partial charge in [-0.15, -0.1) is 11.3 Å². The molecule has 0 aliphatic carbocycles. The number of nitrogens with zero attached hydrogens (tertiary/aromatic N) is 2. The van der Waals surface area contributed by atoms with Gasteiger partial charge in [-0.3, -0.25) is 14.2 Å². The average molecular weight is 250 g/mol. The van der Waals surface area contributed by atoms with Gasteiger partial charge < -0.3 is 11.5 Å². The first-order valence-electron chi connectivity index (χ1n) is 4.70. The number of nitrogens with two attached hydrogens (primary N) is 2. The minimum absolute atomic E-state index is 0.0569. The Kier molecular flexibility index (Phi) is 2.68. The van der Waals surface area contributed by atoms with E-state index in [0.29, 0.717) is 11.3 Å². The third-order valence-corrected chi connectivity index (χ3v) is 3.02. The van der Waals surface area contributed by atoms with E-state index in [2.05, 4.69) is 4.98 Å². The second-order valence-electron chi connectivity index (χ2n) is 3.46. The smallest absolute Gasteiger partial charge is 0.261 e. The van der Waals surface area contributed by atoms with Crippen LogP contribution in [0, 0.1) is 0 Å². The summed E-state index contributed by atoms with van der Waals surface area (Å²) >= 11 is 1.36. The van der Waals surface area contributed by atoms with E-state index in [4.69, 9.17) is 11.5 Å². The van der Waals surface area contributed by atoms with Crippen LogP contribution < -0.4 is 17.0 Å². The molecule has 17 heavy (non-hydrogen) atoms. The van der Waals surface area contributed by atoms with Crippen LogP contribution >= 0.6 is 11.3 Å². The fourth-order valence-electron chi connectivity index (χ4n) is 1.48. The van der Waals surface area contributed by atoms with Crippen molar-refractivity contribution in [3.63, 3.8) is 0 Å². The van der Waals surface area contributed by atoms with E-state index in [-0.39, 0.29) is 16.9 Å². The summed E-state index contributed by atoms with van der Waals surface area (Å²) in [5.74, 6) is -0.615. The van der Waals surface area contributed by atoms with Crippen LogP contribution in [0.4, 0.5) is 5.82 Å². The molecule has 0 aliphatic rings. The topological polar surface area (TPSA) is 104 Å². The van der Waals surface area contributed by atoms with Gasteiger partial charge in [0.15, 0.2) is 0 Å².